The van der Waals surface area contributed by atoms with Crippen LogP contribution in [0.5, 0.6) is 0 Å². The number of anilines is 2. The average Bonchev–Trinajstić information content (AvgIpc) is 2.67. The second-order valence-corrected chi connectivity index (χ2v) is 8.69. The van der Waals surface area contributed by atoms with E-state index in [-0.39, 0.29) is 21.2 Å². The zero-order valence-electron chi connectivity index (χ0n) is 15.7. The van der Waals surface area contributed by atoms with E-state index in [0.29, 0.717) is 5.69 Å². The van der Waals surface area contributed by atoms with Gasteiger partial charge in [-0.3, -0.25) is 4.72 Å². The Morgan fingerprint density at radius 3 is 2.45 bits per heavy atom. The van der Waals surface area contributed by atoms with Crippen molar-refractivity contribution in [3.05, 3.63) is 52.8 Å². The molecule has 2 aromatic rings. The van der Waals surface area contributed by atoms with Crippen LogP contribution in [-0.2, 0) is 10.0 Å². The SMILES string of the molecule is CCN1CCN(c2ccc(NS(=O)(=O)c3ccc(F)cc3Cl)c(C(=O)O)c2)CC1. The number of nitrogens with zero attached hydrogens (tertiary/aromatic N) is 2. The minimum Gasteiger partial charge on any atom is -0.478 e. The number of carboxylic acid groups (broad SMARTS) is 1. The van der Waals surface area contributed by atoms with Gasteiger partial charge in [0.25, 0.3) is 10.0 Å². The molecular formula is C19H21ClFN3O4S. The van der Waals surface area contributed by atoms with Gasteiger partial charge in [-0.05, 0) is 42.9 Å². The Balaban J connectivity index is 1.89. The molecule has 2 N–H and O–H groups in total. The number of carboxylic acids is 1. The Morgan fingerprint density at radius 2 is 1.86 bits per heavy atom. The van der Waals surface area contributed by atoms with Crippen LogP contribution >= 0.6 is 11.6 Å². The maximum atomic E-state index is 13.2. The third-order valence-corrected chi connectivity index (χ3v) is 6.69. The topological polar surface area (TPSA) is 90.0 Å². The second-order valence-electron chi connectivity index (χ2n) is 6.64. The molecule has 156 valence electrons. The molecule has 1 saturated heterocycles. The van der Waals surface area contributed by atoms with Gasteiger partial charge >= 0.3 is 5.97 Å². The fourth-order valence-electron chi connectivity index (χ4n) is 3.21. The number of carbonyl (C=O) groups is 1. The van der Waals surface area contributed by atoms with E-state index in [0.717, 1.165) is 50.9 Å². The van der Waals surface area contributed by atoms with E-state index in [2.05, 4.69) is 21.4 Å². The van der Waals surface area contributed by atoms with Gasteiger partial charge in [0.2, 0.25) is 0 Å². The van der Waals surface area contributed by atoms with Gasteiger partial charge in [0.15, 0.2) is 0 Å². The maximum absolute atomic E-state index is 13.2. The van der Waals surface area contributed by atoms with Crippen LogP contribution in [0.15, 0.2) is 41.3 Å². The summed E-state index contributed by atoms with van der Waals surface area (Å²) in [6.07, 6.45) is 0. The molecule has 1 heterocycles. The van der Waals surface area contributed by atoms with Crippen LogP contribution in [0, 0.1) is 5.82 Å². The largest absolute Gasteiger partial charge is 0.478 e. The molecule has 2 aromatic carbocycles. The standard InChI is InChI=1S/C19H21ClFN3O4S/c1-2-23-7-9-24(10-8-23)14-4-5-17(15(12-14)19(25)26)22-29(27,28)18-6-3-13(21)11-16(18)20/h3-6,11-12,22H,2,7-10H2,1H3,(H,25,26). The first kappa shape index (κ1) is 21.4. The second kappa shape index (κ2) is 8.56. The first-order valence-corrected chi connectivity index (χ1v) is 10.9. The third kappa shape index (κ3) is 4.80. The van der Waals surface area contributed by atoms with Crippen molar-refractivity contribution in [3.8, 4) is 0 Å². The summed E-state index contributed by atoms with van der Waals surface area (Å²) in [5, 5.41) is 9.30. The zero-order chi connectivity index (χ0) is 21.2. The van der Waals surface area contributed by atoms with Crippen LogP contribution in [0.25, 0.3) is 0 Å². The van der Waals surface area contributed by atoms with Crippen LogP contribution in [0.4, 0.5) is 15.8 Å². The summed E-state index contributed by atoms with van der Waals surface area (Å²) >= 11 is 5.85. The van der Waals surface area contributed by atoms with E-state index < -0.39 is 21.8 Å². The Labute approximate surface area is 173 Å². The quantitative estimate of drug-likeness (QED) is 0.715. The Hall–Kier alpha value is -2.36. The summed E-state index contributed by atoms with van der Waals surface area (Å²) < 4.78 is 40.7. The minimum absolute atomic E-state index is 0.0890. The fourth-order valence-corrected chi connectivity index (χ4v) is 4.82. The van der Waals surface area contributed by atoms with E-state index in [1.807, 2.05) is 0 Å². The van der Waals surface area contributed by atoms with E-state index in [4.69, 9.17) is 11.6 Å². The molecule has 0 atom stereocenters. The average molecular weight is 442 g/mol. The third-order valence-electron chi connectivity index (χ3n) is 4.85. The lowest BCUT2D eigenvalue weighted by Crippen LogP contribution is -2.46. The first-order chi connectivity index (χ1) is 13.7. The highest BCUT2D eigenvalue weighted by molar-refractivity contribution is 7.92. The maximum Gasteiger partial charge on any atom is 0.337 e. The van der Waals surface area contributed by atoms with Crippen molar-refractivity contribution in [2.75, 3.05) is 42.3 Å². The Bertz CT molecular complexity index is 1020. The zero-order valence-corrected chi connectivity index (χ0v) is 17.3. The molecule has 0 amide bonds. The van der Waals surface area contributed by atoms with Crippen molar-refractivity contribution >= 4 is 39.0 Å². The lowest BCUT2D eigenvalue weighted by molar-refractivity contribution is 0.0698. The number of nitrogens with one attached hydrogen (secondary N) is 1. The molecule has 0 bridgehead atoms. The van der Waals surface area contributed by atoms with Gasteiger partial charge in [0.05, 0.1) is 16.3 Å². The summed E-state index contributed by atoms with van der Waals surface area (Å²) in [5.74, 6) is -1.94. The van der Waals surface area contributed by atoms with Crippen LogP contribution in [0.1, 0.15) is 17.3 Å². The van der Waals surface area contributed by atoms with Crippen LogP contribution in [-0.4, -0.2) is 57.1 Å². The Morgan fingerprint density at radius 1 is 1.17 bits per heavy atom. The number of hydrogen-bond acceptors (Lipinski definition) is 5. The number of aromatic carboxylic acids is 1. The van der Waals surface area contributed by atoms with Gasteiger partial charge < -0.3 is 14.9 Å². The predicted molar refractivity (Wildman–Crippen MR) is 110 cm³/mol. The van der Waals surface area contributed by atoms with Gasteiger partial charge in [-0.25, -0.2) is 17.6 Å². The van der Waals surface area contributed by atoms with Crippen molar-refractivity contribution in [1.29, 1.82) is 0 Å². The summed E-state index contributed by atoms with van der Waals surface area (Å²) in [7, 11) is -4.20. The molecule has 0 aromatic heterocycles. The molecule has 0 radical (unpaired) electrons. The van der Waals surface area contributed by atoms with Crippen molar-refractivity contribution in [2.24, 2.45) is 0 Å². The molecular weight excluding hydrogens is 421 g/mol. The van der Waals surface area contributed by atoms with Crippen molar-refractivity contribution < 1.29 is 22.7 Å². The molecule has 1 aliphatic heterocycles. The molecule has 1 fully saturated rings. The molecule has 0 saturated carbocycles. The number of hydrogen-bond donors (Lipinski definition) is 2. The van der Waals surface area contributed by atoms with Gasteiger partial charge in [-0.15, -0.1) is 0 Å². The van der Waals surface area contributed by atoms with Crippen molar-refractivity contribution in [1.82, 2.24) is 4.90 Å². The molecule has 3 rings (SSSR count). The number of likely N-dealkylation sites (N-methyl/N-ethyl adjacent to an activating group) is 1. The summed E-state index contributed by atoms with van der Waals surface area (Å²) in [4.78, 5) is 15.8. The lowest BCUT2D eigenvalue weighted by Gasteiger charge is -2.35. The number of sulfonamides is 1. The summed E-state index contributed by atoms with van der Waals surface area (Å²) in [5.41, 5.74) is 0.442. The molecule has 29 heavy (non-hydrogen) atoms. The first-order valence-electron chi connectivity index (χ1n) is 9.04. The molecule has 0 unspecified atom stereocenters. The molecule has 0 aliphatic carbocycles. The fraction of sp³-hybridized carbons (Fsp3) is 0.316. The van der Waals surface area contributed by atoms with E-state index >= 15 is 0 Å². The normalized spacial score (nSPS) is 15.3. The van der Waals surface area contributed by atoms with E-state index in [1.165, 1.54) is 12.1 Å². The number of benzene rings is 2. The van der Waals surface area contributed by atoms with Gasteiger partial charge in [-0.1, -0.05) is 18.5 Å². The van der Waals surface area contributed by atoms with Gasteiger partial charge in [-0.2, -0.15) is 0 Å². The van der Waals surface area contributed by atoms with Crippen LogP contribution < -0.4 is 9.62 Å². The van der Waals surface area contributed by atoms with Crippen LogP contribution in [0.3, 0.4) is 0 Å². The highest BCUT2D eigenvalue weighted by Gasteiger charge is 2.23. The highest BCUT2D eigenvalue weighted by Crippen LogP contribution is 2.29. The predicted octanol–water partition coefficient (Wildman–Crippen LogP) is 3.12. The molecule has 0 spiro atoms. The van der Waals surface area contributed by atoms with Crippen molar-refractivity contribution in [2.45, 2.75) is 11.8 Å². The minimum atomic E-state index is -4.20. The summed E-state index contributed by atoms with van der Waals surface area (Å²) in [6, 6.07) is 7.43. The van der Waals surface area contributed by atoms with Crippen LogP contribution in [0.2, 0.25) is 5.02 Å². The number of halogens is 2. The monoisotopic (exact) mass is 441 g/mol. The Kier molecular flexibility index (Phi) is 6.30. The van der Waals surface area contributed by atoms with E-state index in [1.54, 1.807) is 6.07 Å². The van der Waals surface area contributed by atoms with Gasteiger partial charge in [0, 0.05) is 31.9 Å². The molecule has 1 aliphatic rings. The smallest absolute Gasteiger partial charge is 0.337 e. The van der Waals surface area contributed by atoms with Crippen molar-refractivity contribution in [3.63, 3.8) is 0 Å². The number of rotatable bonds is 6. The molecule has 10 heteroatoms. The molecule has 7 nitrogen and oxygen atoms in total. The highest BCUT2D eigenvalue weighted by atomic mass is 35.5. The number of piperazine rings is 1. The lowest BCUT2D eigenvalue weighted by atomic mass is 10.1. The van der Waals surface area contributed by atoms with E-state index in [9.17, 15) is 22.7 Å². The summed E-state index contributed by atoms with van der Waals surface area (Å²) in [6.45, 7) is 6.30. The van der Waals surface area contributed by atoms with Gasteiger partial charge in [0.1, 0.15) is 10.7 Å².